The Hall–Kier alpha value is 0.0500. The minimum atomic E-state index is -4.82. The Morgan fingerprint density at radius 1 is 1.38 bits per heavy atom. The average molecular weight is 160 g/mol. The fourth-order valence-corrected chi connectivity index (χ4v) is 0. The molecule has 0 aliphatic rings. The third-order valence-electron chi connectivity index (χ3n) is 0.249. The third kappa shape index (κ3) is 4.22. The van der Waals surface area contributed by atoms with E-state index in [2.05, 4.69) is 0 Å². The van der Waals surface area contributed by atoms with Gasteiger partial charge in [-0.15, -0.1) is 0 Å². The third-order valence-corrected chi connectivity index (χ3v) is 0.748. The summed E-state index contributed by atoms with van der Waals surface area (Å²) in [5.74, 6) is 0. The zero-order valence-electron chi connectivity index (χ0n) is 3.81. The monoisotopic (exact) mass is 160 g/mol. The number of hydrogen-bond acceptors (Lipinski definition) is 2. The summed E-state index contributed by atoms with van der Waals surface area (Å²) in [5, 5.41) is 7.49. The zero-order chi connectivity index (χ0) is 6.08. The molecule has 7 heteroatoms. The van der Waals surface area contributed by atoms with Gasteiger partial charge < -0.3 is 14.9 Å². The van der Waals surface area contributed by atoms with Gasteiger partial charge in [0.25, 0.3) is 0 Å². The maximum Gasteiger partial charge on any atom is 0.433 e. The molecule has 1 unspecified atom stereocenters. The molecule has 0 saturated heterocycles. The summed E-state index contributed by atoms with van der Waals surface area (Å²) < 4.78 is 9.43. The lowest BCUT2D eigenvalue weighted by molar-refractivity contribution is 0.208. The quantitative estimate of drug-likeness (QED) is 0.465. The molecule has 8 heavy (non-hydrogen) atoms. The van der Waals surface area contributed by atoms with Crippen LogP contribution in [-0.4, -0.2) is 20.6 Å². The predicted molar refractivity (Wildman–Crippen MR) is 31.2 cm³/mol. The standard InChI is InChI=1S/CH3O5P.H3P/c2-1(3)7(4,5)6;/h(H,2,3)(H2,4,5,6);1H3. The van der Waals surface area contributed by atoms with Gasteiger partial charge in [0.1, 0.15) is 0 Å². The van der Waals surface area contributed by atoms with Gasteiger partial charge in [0.2, 0.25) is 0 Å². The van der Waals surface area contributed by atoms with Crippen molar-refractivity contribution >= 4 is 23.2 Å². The summed E-state index contributed by atoms with van der Waals surface area (Å²) in [6.07, 6.45) is 0. The van der Waals surface area contributed by atoms with Crippen LogP contribution >= 0.6 is 17.5 Å². The van der Waals surface area contributed by atoms with Crippen molar-refractivity contribution in [2.75, 3.05) is 0 Å². The second-order valence-corrected chi connectivity index (χ2v) is 2.30. The number of hydrogen-bond donors (Lipinski definition) is 3. The number of carbonyl (C=O) groups is 1. The Balaban J connectivity index is 0. The van der Waals surface area contributed by atoms with E-state index < -0.39 is 13.3 Å². The molecule has 0 rings (SSSR count). The molecule has 0 saturated carbocycles. The molecule has 0 heterocycles. The van der Waals surface area contributed by atoms with Crippen LogP contribution in [0.4, 0.5) is 4.79 Å². The van der Waals surface area contributed by atoms with Gasteiger partial charge in [-0.3, -0.25) is 0 Å². The molecule has 0 aromatic carbocycles. The van der Waals surface area contributed by atoms with E-state index in [9.17, 15) is 9.36 Å². The van der Waals surface area contributed by atoms with Gasteiger partial charge in [0.05, 0.1) is 0 Å². The Morgan fingerprint density at radius 3 is 1.50 bits per heavy atom. The smallest absolute Gasteiger partial charge is 0.433 e. The van der Waals surface area contributed by atoms with E-state index >= 15 is 0 Å². The lowest BCUT2D eigenvalue weighted by atomic mass is 11.6. The molecule has 5 nitrogen and oxygen atoms in total. The molecule has 0 amide bonds. The van der Waals surface area contributed by atoms with E-state index in [-0.39, 0.29) is 9.90 Å². The van der Waals surface area contributed by atoms with Crippen LogP contribution in [0.3, 0.4) is 0 Å². The van der Waals surface area contributed by atoms with E-state index in [4.69, 9.17) is 14.9 Å². The summed E-state index contributed by atoms with van der Waals surface area (Å²) in [4.78, 5) is 24.5. The molecule has 3 N–H and O–H groups in total. The molecule has 0 radical (unpaired) electrons. The van der Waals surface area contributed by atoms with Crippen LogP contribution in [0.1, 0.15) is 0 Å². The number of carboxylic acid groups (broad SMARTS) is 1. The molecular weight excluding hydrogens is 154 g/mol. The second kappa shape index (κ2) is 3.15. The van der Waals surface area contributed by atoms with Crippen molar-refractivity contribution in [3.05, 3.63) is 0 Å². The van der Waals surface area contributed by atoms with Crippen molar-refractivity contribution < 1.29 is 24.3 Å². The van der Waals surface area contributed by atoms with Gasteiger partial charge >= 0.3 is 13.3 Å². The molecule has 0 fully saturated rings. The topological polar surface area (TPSA) is 94.8 Å². The SMILES string of the molecule is O=C(O)P(=O)(O)O.P. The van der Waals surface area contributed by atoms with E-state index in [0.717, 1.165) is 0 Å². The van der Waals surface area contributed by atoms with Crippen molar-refractivity contribution in [1.29, 1.82) is 0 Å². The van der Waals surface area contributed by atoms with Gasteiger partial charge in [-0.2, -0.15) is 9.90 Å². The largest absolute Gasteiger partial charge is 0.472 e. The summed E-state index contributed by atoms with van der Waals surface area (Å²) in [5.41, 5.74) is -2.09. The minimum Gasteiger partial charge on any atom is -0.472 e. The highest BCUT2D eigenvalue weighted by atomic mass is 31.2. The Bertz CT molecular complexity index is 122. The highest BCUT2D eigenvalue weighted by Crippen LogP contribution is 2.34. The van der Waals surface area contributed by atoms with Gasteiger partial charge in [0.15, 0.2) is 0 Å². The van der Waals surface area contributed by atoms with Gasteiger partial charge in [-0.1, -0.05) is 0 Å². The molecule has 0 aromatic heterocycles. The highest BCUT2D eigenvalue weighted by molar-refractivity contribution is 7.69. The predicted octanol–water partition coefficient (Wildman–Crippen LogP) is -0.0998. The lowest BCUT2D eigenvalue weighted by Crippen LogP contribution is -1.90. The van der Waals surface area contributed by atoms with Crippen molar-refractivity contribution in [3.63, 3.8) is 0 Å². The minimum absolute atomic E-state index is 0. The van der Waals surface area contributed by atoms with E-state index in [1.807, 2.05) is 0 Å². The normalized spacial score (nSPS) is 9.75. The molecule has 0 aliphatic heterocycles. The molecule has 1 atom stereocenters. The Kier molecular flexibility index (Phi) is 4.31. The maximum atomic E-state index is 9.43. The maximum absolute atomic E-state index is 9.43. The van der Waals surface area contributed by atoms with Gasteiger partial charge in [0, 0.05) is 0 Å². The van der Waals surface area contributed by atoms with Crippen LogP contribution < -0.4 is 0 Å². The summed E-state index contributed by atoms with van der Waals surface area (Å²) in [6.45, 7) is 0. The zero-order valence-corrected chi connectivity index (χ0v) is 6.12. The van der Waals surface area contributed by atoms with E-state index in [1.165, 1.54) is 0 Å². The highest BCUT2D eigenvalue weighted by Gasteiger charge is 2.23. The van der Waals surface area contributed by atoms with Gasteiger partial charge in [-0.25, -0.2) is 9.36 Å². The van der Waals surface area contributed by atoms with E-state index in [1.54, 1.807) is 0 Å². The average Bonchev–Trinajstić information content (AvgIpc) is 1.31. The summed E-state index contributed by atoms with van der Waals surface area (Å²) in [6, 6.07) is 0. The number of rotatable bonds is 1. The Labute approximate surface area is 48.5 Å². The molecule has 0 bridgehead atoms. The summed E-state index contributed by atoms with van der Waals surface area (Å²) in [7, 11) is -4.82. The first-order valence-corrected chi connectivity index (χ1v) is 2.85. The van der Waals surface area contributed by atoms with Crippen molar-refractivity contribution in [2.24, 2.45) is 0 Å². The summed E-state index contributed by atoms with van der Waals surface area (Å²) >= 11 is 0. The van der Waals surface area contributed by atoms with Crippen LogP contribution in [0.2, 0.25) is 0 Å². The van der Waals surface area contributed by atoms with Crippen molar-refractivity contribution in [1.82, 2.24) is 0 Å². The van der Waals surface area contributed by atoms with Crippen LogP contribution in [0.15, 0.2) is 0 Å². The fourth-order valence-electron chi connectivity index (χ4n) is 0. The van der Waals surface area contributed by atoms with Crippen LogP contribution in [0.25, 0.3) is 0 Å². The van der Waals surface area contributed by atoms with E-state index in [0.29, 0.717) is 0 Å². The van der Waals surface area contributed by atoms with Gasteiger partial charge in [-0.05, 0) is 0 Å². The van der Waals surface area contributed by atoms with Crippen molar-refractivity contribution in [2.45, 2.75) is 0 Å². The fraction of sp³-hybridized carbons (Fsp3) is 0. The van der Waals surface area contributed by atoms with Crippen LogP contribution in [0, 0.1) is 0 Å². The Morgan fingerprint density at radius 2 is 1.50 bits per heavy atom. The molecular formula is CH6O5P2. The second-order valence-electron chi connectivity index (χ2n) is 0.827. The first-order chi connectivity index (χ1) is 2.94. The molecule has 0 aliphatic carbocycles. The lowest BCUT2D eigenvalue weighted by Gasteiger charge is -1.90. The van der Waals surface area contributed by atoms with Crippen molar-refractivity contribution in [3.8, 4) is 0 Å². The molecule has 0 aromatic rings. The van der Waals surface area contributed by atoms with Crippen LogP contribution in [-0.2, 0) is 4.57 Å². The first kappa shape index (κ1) is 10.9. The molecule has 0 spiro atoms. The first-order valence-electron chi connectivity index (χ1n) is 1.23. The molecule has 50 valence electrons. The van der Waals surface area contributed by atoms with Crippen LogP contribution in [0.5, 0.6) is 0 Å².